The highest BCUT2D eigenvalue weighted by molar-refractivity contribution is 4.75. The molecule has 0 aliphatic heterocycles. The van der Waals surface area contributed by atoms with Crippen molar-refractivity contribution in [2.24, 2.45) is 11.8 Å². The van der Waals surface area contributed by atoms with E-state index in [1.165, 1.54) is 12.8 Å². The third-order valence-corrected chi connectivity index (χ3v) is 2.77. The fourth-order valence-corrected chi connectivity index (χ4v) is 1.65. The van der Waals surface area contributed by atoms with Crippen molar-refractivity contribution < 1.29 is 0 Å². The van der Waals surface area contributed by atoms with Crippen LogP contribution in [-0.2, 0) is 6.54 Å². The third-order valence-electron chi connectivity index (χ3n) is 2.77. The molecule has 0 N–H and O–H groups in total. The van der Waals surface area contributed by atoms with E-state index in [9.17, 15) is 0 Å². The first-order valence-electron chi connectivity index (χ1n) is 5.19. The molecule has 1 rings (SSSR count). The Balaban J connectivity index is 2.36. The molecule has 13 heavy (non-hydrogen) atoms. The minimum atomic E-state index is 0.745. The van der Waals surface area contributed by atoms with Crippen molar-refractivity contribution in [3.63, 3.8) is 0 Å². The first-order valence-corrected chi connectivity index (χ1v) is 5.19. The summed E-state index contributed by atoms with van der Waals surface area (Å²) in [4.78, 5) is 4.04. The van der Waals surface area contributed by atoms with Crippen LogP contribution in [-0.4, -0.2) is 9.55 Å². The van der Waals surface area contributed by atoms with E-state index in [-0.39, 0.29) is 0 Å². The summed E-state index contributed by atoms with van der Waals surface area (Å²) in [5.74, 6) is 1.56. The SMILES string of the molecule is CCCC(C)C(C)Cn1ccnc1. The molecule has 1 heterocycles. The molecular weight excluding hydrogens is 160 g/mol. The highest BCUT2D eigenvalue weighted by atomic mass is 15.0. The van der Waals surface area contributed by atoms with Gasteiger partial charge in [0.1, 0.15) is 0 Å². The first kappa shape index (κ1) is 10.3. The fourth-order valence-electron chi connectivity index (χ4n) is 1.65. The van der Waals surface area contributed by atoms with Crippen LogP contribution in [0.2, 0.25) is 0 Å². The molecule has 0 bridgehead atoms. The molecule has 0 spiro atoms. The lowest BCUT2D eigenvalue weighted by Gasteiger charge is -2.19. The summed E-state index contributed by atoms with van der Waals surface area (Å²) in [5, 5.41) is 0. The molecule has 0 radical (unpaired) electrons. The van der Waals surface area contributed by atoms with E-state index in [1.807, 2.05) is 18.7 Å². The van der Waals surface area contributed by atoms with E-state index in [4.69, 9.17) is 0 Å². The van der Waals surface area contributed by atoms with E-state index >= 15 is 0 Å². The number of rotatable bonds is 5. The number of imidazole rings is 1. The summed E-state index contributed by atoms with van der Waals surface area (Å²) in [6.45, 7) is 8.01. The van der Waals surface area contributed by atoms with Crippen molar-refractivity contribution in [3.8, 4) is 0 Å². The van der Waals surface area contributed by atoms with Gasteiger partial charge in [0.15, 0.2) is 0 Å². The van der Waals surface area contributed by atoms with Crippen molar-refractivity contribution in [2.75, 3.05) is 0 Å². The van der Waals surface area contributed by atoms with Gasteiger partial charge in [-0.15, -0.1) is 0 Å². The Bertz CT molecular complexity index is 216. The Morgan fingerprint density at radius 1 is 1.31 bits per heavy atom. The van der Waals surface area contributed by atoms with Crippen molar-refractivity contribution >= 4 is 0 Å². The van der Waals surface area contributed by atoms with E-state index < -0.39 is 0 Å². The molecule has 0 saturated heterocycles. The molecule has 0 saturated carbocycles. The van der Waals surface area contributed by atoms with Gasteiger partial charge in [-0.3, -0.25) is 0 Å². The van der Waals surface area contributed by atoms with E-state index in [0.29, 0.717) is 0 Å². The Morgan fingerprint density at radius 3 is 2.62 bits per heavy atom. The van der Waals surface area contributed by atoms with Crippen LogP contribution in [0.4, 0.5) is 0 Å². The molecule has 2 atom stereocenters. The average Bonchev–Trinajstić information content (AvgIpc) is 2.57. The van der Waals surface area contributed by atoms with Gasteiger partial charge in [-0.1, -0.05) is 33.6 Å². The summed E-state index contributed by atoms with van der Waals surface area (Å²) < 4.78 is 2.16. The molecular formula is C11H20N2. The van der Waals surface area contributed by atoms with Gasteiger partial charge in [-0.2, -0.15) is 0 Å². The van der Waals surface area contributed by atoms with Crippen LogP contribution in [0.3, 0.4) is 0 Å². The molecule has 2 nitrogen and oxygen atoms in total. The Labute approximate surface area is 81.0 Å². The first-order chi connectivity index (χ1) is 6.24. The zero-order valence-electron chi connectivity index (χ0n) is 8.90. The van der Waals surface area contributed by atoms with Gasteiger partial charge < -0.3 is 4.57 Å². The number of hydrogen-bond donors (Lipinski definition) is 0. The highest BCUT2D eigenvalue weighted by Crippen LogP contribution is 2.18. The normalized spacial score (nSPS) is 15.6. The minimum absolute atomic E-state index is 0.745. The standard InChI is InChI=1S/C11H20N2/c1-4-5-10(2)11(3)8-13-7-6-12-9-13/h6-7,9-11H,4-5,8H2,1-3H3. The van der Waals surface area contributed by atoms with Crippen LogP contribution < -0.4 is 0 Å². The van der Waals surface area contributed by atoms with Gasteiger partial charge >= 0.3 is 0 Å². The third kappa shape index (κ3) is 3.21. The molecule has 0 aliphatic carbocycles. The Hall–Kier alpha value is -0.790. The summed E-state index contributed by atoms with van der Waals surface area (Å²) in [6, 6.07) is 0. The molecule has 0 amide bonds. The second-order valence-electron chi connectivity index (χ2n) is 4.00. The van der Waals surface area contributed by atoms with Crippen molar-refractivity contribution in [1.29, 1.82) is 0 Å². The fraction of sp³-hybridized carbons (Fsp3) is 0.727. The Kier molecular flexibility index (Phi) is 4.00. The van der Waals surface area contributed by atoms with Crippen LogP contribution in [0.25, 0.3) is 0 Å². The van der Waals surface area contributed by atoms with E-state index in [0.717, 1.165) is 18.4 Å². The average molecular weight is 180 g/mol. The van der Waals surface area contributed by atoms with E-state index in [1.54, 1.807) is 0 Å². The molecule has 0 aliphatic rings. The lowest BCUT2D eigenvalue weighted by Crippen LogP contribution is -2.14. The maximum absolute atomic E-state index is 4.04. The maximum atomic E-state index is 4.04. The van der Waals surface area contributed by atoms with Crippen molar-refractivity contribution in [1.82, 2.24) is 9.55 Å². The molecule has 2 unspecified atom stereocenters. The van der Waals surface area contributed by atoms with Gasteiger partial charge in [-0.05, 0) is 11.8 Å². The summed E-state index contributed by atoms with van der Waals surface area (Å²) in [7, 11) is 0. The predicted molar refractivity (Wildman–Crippen MR) is 55.5 cm³/mol. The van der Waals surface area contributed by atoms with Gasteiger partial charge in [0.05, 0.1) is 6.33 Å². The largest absolute Gasteiger partial charge is 0.337 e. The molecule has 0 fully saturated rings. The quantitative estimate of drug-likeness (QED) is 0.681. The summed E-state index contributed by atoms with van der Waals surface area (Å²) in [5.41, 5.74) is 0. The minimum Gasteiger partial charge on any atom is -0.337 e. The van der Waals surface area contributed by atoms with E-state index in [2.05, 4.69) is 30.3 Å². The van der Waals surface area contributed by atoms with Gasteiger partial charge in [-0.25, -0.2) is 4.98 Å². The molecule has 2 heteroatoms. The number of aromatic nitrogens is 2. The second-order valence-corrected chi connectivity index (χ2v) is 4.00. The molecule has 74 valence electrons. The topological polar surface area (TPSA) is 17.8 Å². The van der Waals surface area contributed by atoms with Crippen LogP contribution in [0.15, 0.2) is 18.7 Å². The smallest absolute Gasteiger partial charge is 0.0945 e. The summed E-state index contributed by atoms with van der Waals surface area (Å²) >= 11 is 0. The second kappa shape index (κ2) is 5.05. The van der Waals surface area contributed by atoms with Crippen LogP contribution in [0.1, 0.15) is 33.6 Å². The van der Waals surface area contributed by atoms with Crippen LogP contribution in [0, 0.1) is 11.8 Å². The molecule has 1 aromatic heterocycles. The number of nitrogens with zero attached hydrogens (tertiary/aromatic N) is 2. The zero-order valence-corrected chi connectivity index (χ0v) is 8.90. The monoisotopic (exact) mass is 180 g/mol. The summed E-state index contributed by atoms with van der Waals surface area (Å²) in [6.07, 6.45) is 8.40. The Morgan fingerprint density at radius 2 is 2.08 bits per heavy atom. The maximum Gasteiger partial charge on any atom is 0.0945 e. The lowest BCUT2D eigenvalue weighted by molar-refractivity contribution is 0.321. The molecule has 0 aromatic carbocycles. The van der Waals surface area contributed by atoms with Crippen molar-refractivity contribution in [3.05, 3.63) is 18.7 Å². The lowest BCUT2D eigenvalue weighted by atomic mass is 9.92. The van der Waals surface area contributed by atoms with Crippen molar-refractivity contribution in [2.45, 2.75) is 40.2 Å². The predicted octanol–water partition coefficient (Wildman–Crippen LogP) is 2.96. The number of hydrogen-bond acceptors (Lipinski definition) is 1. The van der Waals surface area contributed by atoms with Crippen LogP contribution in [0.5, 0.6) is 0 Å². The highest BCUT2D eigenvalue weighted by Gasteiger charge is 2.11. The van der Waals surface area contributed by atoms with Gasteiger partial charge in [0.25, 0.3) is 0 Å². The van der Waals surface area contributed by atoms with Gasteiger partial charge in [0, 0.05) is 18.9 Å². The zero-order chi connectivity index (χ0) is 9.68. The van der Waals surface area contributed by atoms with Gasteiger partial charge in [0.2, 0.25) is 0 Å². The molecule has 1 aromatic rings. The van der Waals surface area contributed by atoms with Crippen LogP contribution >= 0.6 is 0 Å².